The Bertz CT molecular complexity index is 1220. The van der Waals surface area contributed by atoms with Gasteiger partial charge in [-0.1, -0.05) is 17.7 Å². The summed E-state index contributed by atoms with van der Waals surface area (Å²) in [5, 5.41) is 1.45. The third kappa shape index (κ3) is 4.39. The van der Waals surface area contributed by atoms with Crippen molar-refractivity contribution in [1.29, 1.82) is 0 Å². The smallest absolute Gasteiger partial charge is 0.147 e. The van der Waals surface area contributed by atoms with Crippen molar-refractivity contribution in [3.8, 4) is 5.69 Å². The predicted octanol–water partition coefficient (Wildman–Crippen LogP) is 6.45. The summed E-state index contributed by atoms with van der Waals surface area (Å²) >= 11 is 0. The van der Waals surface area contributed by atoms with Crippen LogP contribution in [-0.4, -0.2) is 47.2 Å². The summed E-state index contributed by atoms with van der Waals surface area (Å²) in [5.74, 6) is 0.872. The van der Waals surface area contributed by atoms with Gasteiger partial charge in [0.05, 0.1) is 5.69 Å². The first kappa shape index (κ1) is 23.1. The lowest BCUT2D eigenvalue weighted by atomic mass is 9.94. The van der Waals surface area contributed by atoms with Crippen molar-refractivity contribution in [2.75, 3.05) is 37.6 Å². The number of hydrogen-bond donors (Lipinski definition) is 0. The van der Waals surface area contributed by atoms with Crippen LogP contribution in [0.25, 0.3) is 16.7 Å². The summed E-state index contributed by atoms with van der Waals surface area (Å²) < 4.78 is 2.57. The maximum absolute atomic E-state index is 5.26. The third-order valence-corrected chi connectivity index (χ3v) is 8.59. The second kappa shape index (κ2) is 9.28. The number of likely N-dealkylation sites (tertiary alicyclic amines) is 1. The lowest BCUT2D eigenvalue weighted by Crippen LogP contribution is -2.35. The summed E-state index contributed by atoms with van der Waals surface area (Å²) in [4.78, 5) is 10.7. The molecule has 1 aromatic carbocycles. The van der Waals surface area contributed by atoms with Gasteiger partial charge in [-0.3, -0.25) is 4.57 Å². The summed E-state index contributed by atoms with van der Waals surface area (Å²) in [6.07, 6.45) is 10.4. The summed E-state index contributed by atoms with van der Waals surface area (Å²) in [7, 11) is 0. The Balaban J connectivity index is 1.53. The van der Waals surface area contributed by atoms with Gasteiger partial charge in [-0.2, -0.15) is 0 Å². The molecule has 2 fully saturated rings. The van der Waals surface area contributed by atoms with Crippen LogP contribution in [0.1, 0.15) is 72.2 Å². The maximum Gasteiger partial charge on any atom is 0.147 e. The van der Waals surface area contributed by atoms with E-state index >= 15 is 0 Å². The van der Waals surface area contributed by atoms with Crippen molar-refractivity contribution in [3.05, 3.63) is 51.8 Å². The molecule has 3 aromatic rings. The van der Waals surface area contributed by atoms with Gasteiger partial charge in [0.25, 0.3) is 0 Å². The molecule has 1 aliphatic heterocycles. The van der Waals surface area contributed by atoms with Crippen LogP contribution in [0.4, 0.5) is 5.69 Å². The number of hydrogen-bond acceptors (Lipinski definition) is 3. The number of anilines is 1. The van der Waals surface area contributed by atoms with E-state index < -0.39 is 0 Å². The number of pyridine rings is 1. The van der Waals surface area contributed by atoms with E-state index in [1.807, 2.05) is 0 Å². The molecule has 0 amide bonds. The van der Waals surface area contributed by atoms with Gasteiger partial charge in [0, 0.05) is 42.1 Å². The normalized spacial score (nSPS) is 18.4. The Morgan fingerprint density at radius 2 is 1.63 bits per heavy atom. The van der Waals surface area contributed by atoms with Crippen LogP contribution in [0, 0.1) is 33.6 Å². The van der Waals surface area contributed by atoms with Gasteiger partial charge in [-0.25, -0.2) is 4.98 Å². The monoisotopic (exact) mass is 470 g/mol. The lowest BCUT2D eigenvalue weighted by Gasteiger charge is -2.29. The number of fused-ring (bicyclic) bond motifs is 3. The van der Waals surface area contributed by atoms with Crippen LogP contribution in [0.5, 0.6) is 0 Å². The molecule has 6 rings (SSSR count). The van der Waals surface area contributed by atoms with Crippen LogP contribution in [-0.2, 0) is 12.8 Å². The molecule has 35 heavy (non-hydrogen) atoms. The van der Waals surface area contributed by atoms with Gasteiger partial charge in [-0.15, -0.1) is 0 Å². The molecule has 1 saturated heterocycles. The van der Waals surface area contributed by atoms with Crippen molar-refractivity contribution >= 4 is 16.7 Å². The number of benzene rings is 1. The molecule has 3 aliphatic rings. The third-order valence-electron chi connectivity index (χ3n) is 8.59. The molecular formula is C31H42N4. The lowest BCUT2D eigenvalue weighted by molar-refractivity contribution is 0.344. The van der Waals surface area contributed by atoms with E-state index in [1.54, 1.807) is 5.56 Å². The minimum absolute atomic E-state index is 0.872. The number of aryl methyl sites for hydroxylation is 5. The van der Waals surface area contributed by atoms with E-state index in [4.69, 9.17) is 4.98 Å². The molecule has 4 heteroatoms. The Morgan fingerprint density at radius 1 is 0.914 bits per heavy atom. The highest BCUT2D eigenvalue weighted by atomic mass is 15.2. The molecule has 0 radical (unpaired) electrons. The van der Waals surface area contributed by atoms with Crippen molar-refractivity contribution < 1.29 is 0 Å². The molecule has 3 heterocycles. The van der Waals surface area contributed by atoms with Crippen LogP contribution in [0.15, 0.2) is 18.2 Å². The molecule has 2 aromatic heterocycles. The van der Waals surface area contributed by atoms with Gasteiger partial charge in [0.1, 0.15) is 5.65 Å². The molecule has 2 aliphatic carbocycles. The van der Waals surface area contributed by atoms with E-state index in [-0.39, 0.29) is 0 Å². The molecule has 186 valence electrons. The molecule has 0 spiro atoms. The molecule has 0 N–H and O–H groups in total. The molecule has 0 unspecified atom stereocenters. The second-order valence-corrected chi connectivity index (χ2v) is 11.6. The average Bonchev–Trinajstić information content (AvgIpc) is 3.38. The topological polar surface area (TPSA) is 24.3 Å². The molecular weight excluding hydrogens is 428 g/mol. The maximum atomic E-state index is 5.26. The van der Waals surface area contributed by atoms with Crippen LogP contribution < -0.4 is 4.90 Å². The first-order chi connectivity index (χ1) is 17.0. The van der Waals surface area contributed by atoms with E-state index in [1.165, 1.54) is 116 Å². The van der Waals surface area contributed by atoms with Crippen molar-refractivity contribution in [2.45, 2.75) is 79.1 Å². The summed E-state index contributed by atoms with van der Waals surface area (Å²) in [5.41, 5.74) is 12.3. The van der Waals surface area contributed by atoms with Crippen LogP contribution in [0.2, 0.25) is 0 Å². The highest BCUT2D eigenvalue weighted by molar-refractivity contribution is 5.96. The number of rotatable bonds is 7. The minimum atomic E-state index is 0.872. The zero-order chi connectivity index (χ0) is 24.1. The van der Waals surface area contributed by atoms with Crippen molar-refractivity contribution in [1.82, 2.24) is 14.5 Å². The SMILES string of the molecule is Cc1cc(C)c(-n2c3c(c4c(N(CCN5CCCC5)CC5CC5)cc(C)nc42)CCCC3)c(C)c1. The fourth-order valence-corrected chi connectivity index (χ4v) is 6.83. The van der Waals surface area contributed by atoms with Gasteiger partial charge in [0.2, 0.25) is 0 Å². The van der Waals surface area contributed by atoms with Crippen LogP contribution >= 0.6 is 0 Å². The highest BCUT2D eigenvalue weighted by Crippen LogP contribution is 2.42. The van der Waals surface area contributed by atoms with Crippen molar-refractivity contribution in [3.63, 3.8) is 0 Å². The molecule has 0 bridgehead atoms. The fraction of sp³-hybridized carbons (Fsp3) is 0.581. The largest absolute Gasteiger partial charge is 0.369 e. The fourth-order valence-electron chi connectivity index (χ4n) is 6.83. The zero-order valence-corrected chi connectivity index (χ0v) is 22.3. The first-order valence-electron chi connectivity index (χ1n) is 14.1. The average molecular weight is 471 g/mol. The molecule has 4 nitrogen and oxygen atoms in total. The number of nitrogens with zero attached hydrogens (tertiary/aromatic N) is 4. The Hall–Kier alpha value is -2.33. The molecule has 0 atom stereocenters. The quantitative estimate of drug-likeness (QED) is 0.397. The highest BCUT2D eigenvalue weighted by Gasteiger charge is 2.30. The number of aromatic nitrogens is 2. The zero-order valence-electron chi connectivity index (χ0n) is 22.3. The minimum Gasteiger partial charge on any atom is -0.369 e. The van der Waals surface area contributed by atoms with Gasteiger partial charge in [-0.05, 0) is 121 Å². The molecule has 1 saturated carbocycles. The van der Waals surface area contributed by atoms with E-state index in [9.17, 15) is 0 Å². The van der Waals surface area contributed by atoms with E-state index in [0.717, 1.165) is 24.6 Å². The van der Waals surface area contributed by atoms with E-state index in [0.29, 0.717) is 0 Å². The Kier molecular flexibility index (Phi) is 6.12. The summed E-state index contributed by atoms with van der Waals surface area (Å²) in [6, 6.07) is 7.09. The predicted molar refractivity (Wildman–Crippen MR) is 147 cm³/mol. The first-order valence-corrected chi connectivity index (χ1v) is 14.1. The van der Waals surface area contributed by atoms with Gasteiger partial charge >= 0.3 is 0 Å². The van der Waals surface area contributed by atoms with Gasteiger partial charge in [0.15, 0.2) is 0 Å². The van der Waals surface area contributed by atoms with Crippen molar-refractivity contribution in [2.24, 2.45) is 5.92 Å². The van der Waals surface area contributed by atoms with Gasteiger partial charge < -0.3 is 9.80 Å². The standard InChI is InChI=1S/C31H42N4/c1-21-17-22(2)30(23(3)18-21)35-27-10-6-5-9-26(27)29-28(19-24(4)32-31(29)35)34(20-25-11-12-25)16-15-33-13-7-8-14-33/h17-19,25H,5-16,20H2,1-4H3. The Labute approximate surface area is 211 Å². The van der Waals surface area contributed by atoms with E-state index in [2.05, 4.69) is 60.3 Å². The van der Waals surface area contributed by atoms with Crippen LogP contribution in [0.3, 0.4) is 0 Å². The second-order valence-electron chi connectivity index (χ2n) is 11.6. The summed E-state index contributed by atoms with van der Waals surface area (Å²) in [6.45, 7) is 15.1. The Morgan fingerprint density at radius 3 is 2.34 bits per heavy atom.